The van der Waals surface area contributed by atoms with Gasteiger partial charge >= 0.3 is 0 Å². The standard InChI is InChI=1S/C20H24N2O6S/c1-5-6-7-17(23)21-8-9-22-19(24)16(29-20(22)25)12-13-10-14(26-2)18(28-4)15(11-13)27-3/h5,10-12H,1,6-9H2,2-4H3,(H,21,23)/b16-12-. The van der Waals surface area contributed by atoms with Crippen molar-refractivity contribution in [1.29, 1.82) is 0 Å². The molecule has 0 spiro atoms. The van der Waals surface area contributed by atoms with Crippen LogP contribution in [0.1, 0.15) is 18.4 Å². The number of carbonyl (C=O) groups excluding carboxylic acids is 3. The first-order chi connectivity index (χ1) is 13.9. The van der Waals surface area contributed by atoms with E-state index in [-0.39, 0.29) is 29.1 Å². The number of hydrogen-bond donors (Lipinski definition) is 1. The predicted octanol–water partition coefficient (Wildman–Crippen LogP) is 2.83. The van der Waals surface area contributed by atoms with Gasteiger partial charge in [0.15, 0.2) is 11.5 Å². The third-order valence-corrected chi connectivity index (χ3v) is 5.00. The van der Waals surface area contributed by atoms with Gasteiger partial charge in [-0.25, -0.2) is 0 Å². The van der Waals surface area contributed by atoms with E-state index in [9.17, 15) is 14.4 Å². The maximum atomic E-state index is 12.6. The van der Waals surface area contributed by atoms with Gasteiger partial charge in [0.25, 0.3) is 11.1 Å². The molecule has 0 radical (unpaired) electrons. The van der Waals surface area contributed by atoms with Gasteiger partial charge in [-0.05, 0) is 42.0 Å². The molecule has 8 nitrogen and oxygen atoms in total. The van der Waals surface area contributed by atoms with Crippen molar-refractivity contribution in [3.63, 3.8) is 0 Å². The molecule has 3 amide bonds. The third-order valence-electron chi connectivity index (χ3n) is 4.09. The van der Waals surface area contributed by atoms with Gasteiger partial charge < -0.3 is 19.5 Å². The quantitative estimate of drug-likeness (QED) is 0.459. The lowest BCUT2D eigenvalue weighted by Gasteiger charge is -2.13. The van der Waals surface area contributed by atoms with Gasteiger partial charge in [0.1, 0.15) is 0 Å². The lowest BCUT2D eigenvalue weighted by Crippen LogP contribution is -2.37. The number of ether oxygens (including phenoxy) is 3. The summed E-state index contributed by atoms with van der Waals surface area (Å²) < 4.78 is 15.9. The van der Waals surface area contributed by atoms with Crippen molar-refractivity contribution in [2.24, 2.45) is 0 Å². The molecule has 0 unspecified atom stereocenters. The van der Waals surface area contributed by atoms with E-state index in [1.54, 1.807) is 24.3 Å². The first-order valence-corrected chi connectivity index (χ1v) is 9.69. The van der Waals surface area contributed by atoms with Crippen LogP contribution in [0.15, 0.2) is 29.7 Å². The fourth-order valence-electron chi connectivity index (χ4n) is 2.66. The van der Waals surface area contributed by atoms with Gasteiger partial charge in [-0.2, -0.15) is 0 Å². The Balaban J connectivity index is 2.11. The van der Waals surface area contributed by atoms with Crippen LogP contribution in [0.3, 0.4) is 0 Å². The highest BCUT2D eigenvalue weighted by Gasteiger charge is 2.34. The number of nitrogens with one attached hydrogen (secondary N) is 1. The Morgan fingerprint density at radius 2 is 1.83 bits per heavy atom. The molecule has 1 aliphatic heterocycles. The van der Waals surface area contributed by atoms with Crippen molar-refractivity contribution in [3.05, 3.63) is 35.3 Å². The largest absolute Gasteiger partial charge is 0.493 e. The van der Waals surface area contributed by atoms with Crippen molar-refractivity contribution in [2.75, 3.05) is 34.4 Å². The molecule has 0 atom stereocenters. The molecule has 156 valence electrons. The highest BCUT2D eigenvalue weighted by molar-refractivity contribution is 8.18. The van der Waals surface area contributed by atoms with E-state index in [2.05, 4.69) is 11.9 Å². The van der Waals surface area contributed by atoms with Crippen LogP contribution in [0, 0.1) is 0 Å². The summed E-state index contributed by atoms with van der Waals surface area (Å²) in [7, 11) is 4.50. The number of hydrogen-bond acceptors (Lipinski definition) is 7. The maximum Gasteiger partial charge on any atom is 0.293 e. The number of imide groups is 1. The molecule has 0 bridgehead atoms. The molecule has 1 aliphatic rings. The monoisotopic (exact) mass is 420 g/mol. The molecule has 0 aromatic heterocycles. The Labute approximate surface area is 173 Å². The first-order valence-electron chi connectivity index (χ1n) is 8.88. The number of amides is 3. The molecule has 1 fully saturated rings. The molecule has 1 aromatic carbocycles. The number of methoxy groups -OCH3 is 3. The van der Waals surface area contributed by atoms with E-state index in [1.165, 1.54) is 21.3 Å². The van der Waals surface area contributed by atoms with Crippen molar-refractivity contribution >= 4 is 34.9 Å². The summed E-state index contributed by atoms with van der Waals surface area (Å²) in [6, 6.07) is 3.38. The number of nitrogens with zero attached hydrogens (tertiary/aromatic N) is 1. The van der Waals surface area contributed by atoms with Crippen LogP contribution >= 0.6 is 11.8 Å². The van der Waals surface area contributed by atoms with E-state index in [1.807, 2.05) is 0 Å². The van der Waals surface area contributed by atoms with Crippen molar-refractivity contribution in [2.45, 2.75) is 12.8 Å². The van der Waals surface area contributed by atoms with E-state index in [4.69, 9.17) is 14.2 Å². The van der Waals surface area contributed by atoms with Crippen molar-refractivity contribution in [1.82, 2.24) is 10.2 Å². The zero-order valence-corrected chi connectivity index (χ0v) is 17.5. The molecular formula is C20H24N2O6S. The second kappa shape index (κ2) is 10.6. The molecule has 1 N–H and O–H groups in total. The zero-order chi connectivity index (χ0) is 21.4. The minimum Gasteiger partial charge on any atom is -0.493 e. The summed E-state index contributed by atoms with van der Waals surface area (Å²) in [5, 5.41) is 2.30. The van der Waals surface area contributed by atoms with Crippen LogP contribution in [0.4, 0.5) is 4.79 Å². The number of rotatable bonds is 10. The van der Waals surface area contributed by atoms with E-state index >= 15 is 0 Å². The Morgan fingerprint density at radius 1 is 1.17 bits per heavy atom. The van der Waals surface area contributed by atoms with Crippen molar-refractivity contribution in [3.8, 4) is 17.2 Å². The topological polar surface area (TPSA) is 94.2 Å². The first kappa shape index (κ1) is 22.4. The number of allylic oxidation sites excluding steroid dienone is 1. The highest BCUT2D eigenvalue weighted by Crippen LogP contribution is 2.40. The molecule has 0 saturated carbocycles. The van der Waals surface area contributed by atoms with Gasteiger partial charge in [-0.15, -0.1) is 6.58 Å². The fraction of sp³-hybridized carbons (Fsp3) is 0.350. The summed E-state index contributed by atoms with van der Waals surface area (Å²) in [5.41, 5.74) is 0.628. The van der Waals surface area contributed by atoms with Gasteiger partial charge in [-0.3, -0.25) is 19.3 Å². The lowest BCUT2D eigenvalue weighted by atomic mass is 10.1. The normalized spacial score (nSPS) is 14.9. The summed E-state index contributed by atoms with van der Waals surface area (Å²) in [5.74, 6) is 0.769. The van der Waals surface area contributed by atoms with Crippen LogP contribution in [-0.2, 0) is 9.59 Å². The number of thioether (sulfide) groups is 1. The molecule has 2 rings (SSSR count). The van der Waals surface area contributed by atoms with Crippen LogP contribution in [0.2, 0.25) is 0 Å². The van der Waals surface area contributed by atoms with E-state index < -0.39 is 5.91 Å². The molecular weight excluding hydrogens is 396 g/mol. The van der Waals surface area contributed by atoms with Crippen LogP contribution in [0.5, 0.6) is 17.2 Å². The van der Waals surface area contributed by atoms with Gasteiger partial charge in [0.05, 0.1) is 26.2 Å². The summed E-state index contributed by atoms with van der Waals surface area (Å²) in [6.07, 6.45) is 4.15. The van der Waals surface area contributed by atoms with Crippen LogP contribution in [0.25, 0.3) is 6.08 Å². The Morgan fingerprint density at radius 3 is 2.38 bits per heavy atom. The molecule has 9 heteroatoms. The second-order valence-corrected chi connectivity index (χ2v) is 6.96. The Kier molecular flexibility index (Phi) is 8.14. The Bertz CT molecular complexity index is 811. The van der Waals surface area contributed by atoms with Gasteiger partial charge in [0.2, 0.25) is 11.7 Å². The number of benzene rings is 1. The zero-order valence-electron chi connectivity index (χ0n) is 16.6. The van der Waals surface area contributed by atoms with Gasteiger partial charge in [0, 0.05) is 19.5 Å². The van der Waals surface area contributed by atoms with Gasteiger partial charge in [-0.1, -0.05) is 6.08 Å². The smallest absolute Gasteiger partial charge is 0.293 e. The minimum absolute atomic E-state index is 0.108. The summed E-state index contributed by atoms with van der Waals surface area (Å²) >= 11 is 0.846. The minimum atomic E-state index is -0.408. The van der Waals surface area contributed by atoms with Crippen LogP contribution < -0.4 is 19.5 Å². The fourth-order valence-corrected chi connectivity index (χ4v) is 3.52. The van der Waals surface area contributed by atoms with Crippen LogP contribution in [-0.4, -0.2) is 56.4 Å². The average Bonchev–Trinajstić information content (AvgIpc) is 2.98. The Hall–Kier alpha value is -2.94. The predicted molar refractivity (Wildman–Crippen MR) is 111 cm³/mol. The lowest BCUT2D eigenvalue weighted by molar-refractivity contribution is -0.124. The summed E-state index contributed by atoms with van der Waals surface area (Å²) in [6.45, 7) is 3.87. The molecule has 1 heterocycles. The SMILES string of the molecule is C=CCCC(=O)NCCN1C(=O)S/C(=C\c2cc(OC)c(OC)c(OC)c2)C1=O. The third kappa shape index (κ3) is 5.54. The molecule has 1 aromatic rings. The molecule has 1 saturated heterocycles. The number of carbonyl (C=O) groups is 3. The summed E-state index contributed by atoms with van der Waals surface area (Å²) in [4.78, 5) is 37.8. The maximum absolute atomic E-state index is 12.6. The average molecular weight is 420 g/mol. The molecule has 29 heavy (non-hydrogen) atoms. The second-order valence-electron chi connectivity index (χ2n) is 5.97. The van der Waals surface area contributed by atoms with E-state index in [0.717, 1.165) is 16.7 Å². The van der Waals surface area contributed by atoms with Crippen molar-refractivity contribution < 1.29 is 28.6 Å². The highest BCUT2D eigenvalue weighted by atomic mass is 32.2. The molecule has 0 aliphatic carbocycles. The van der Waals surface area contributed by atoms with E-state index in [0.29, 0.717) is 35.7 Å².